The van der Waals surface area contributed by atoms with E-state index >= 15 is 0 Å². The van der Waals surface area contributed by atoms with Crippen molar-refractivity contribution in [2.24, 2.45) is 0 Å². The van der Waals surface area contributed by atoms with Gasteiger partial charge in [0.05, 0.1) is 0 Å². The van der Waals surface area contributed by atoms with Crippen molar-refractivity contribution in [3.8, 4) is 0 Å². The lowest BCUT2D eigenvalue weighted by Crippen LogP contribution is -2.34. The van der Waals surface area contributed by atoms with Gasteiger partial charge in [0, 0.05) is 26.1 Å². The molecule has 84 valence electrons. The van der Waals surface area contributed by atoms with Crippen LogP contribution >= 0.6 is 0 Å². The molecule has 0 radical (unpaired) electrons. The highest BCUT2D eigenvalue weighted by Crippen LogP contribution is 2.08. The van der Waals surface area contributed by atoms with Crippen LogP contribution < -0.4 is 5.32 Å². The van der Waals surface area contributed by atoms with Crippen LogP contribution in [0.4, 0.5) is 0 Å². The third-order valence-electron chi connectivity index (χ3n) is 2.32. The Bertz CT molecular complexity index is 159. The summed E-state index contributed by atoms with van der Waals surface area (Å²) in [6.07, 6.45) is 2.27. The molecule has 1 amide bonds. The summed E-state index contributed by atoms with van der Waals surface area (Å²) < 4.78 is 0. The van der Waals surface area contributed by atoms with Crippen LogP contribution in [-0.4, -0.2) is 36.5 Å². The maximum absolute atomic E-state index is 11.0. The van der Waals surface area contributed by atoms with Crippen molar-refractivity contribution in [3.63, 3.8) is 0 Å². The third kappa shape index (κ3) is 4.61. The van der Waals surface area contributed by atoms with E-state index in [2.05, 4.69) is 12.2 Å². The molecule has 0 aromatic rings. The molecule has 1 rings (SSSR count). The quantitative estimate of drug-likeness (QED) is 0.751. The van der Waals surface area contributed by atoms with Crippen LogP contribution in [0.25, 0.3) is 0 Å². The highest BCUT2D eigenvalue weighted by Gasteiger charge is 2.22. The minimum Gasteiger partial charge on any atom is -0.341 e. The van der Waals surface area contributed by atoms with Gasteiger partial charge >= 0.3 is 0 Å². The maximum Gasteiger partial charge on any atom is 0.219 e. The van der Waals surface area contributed by atoms with Gasteiger partial charge in [0.25, 0.3) is 0 Å². The Labute approximate surface area is 87.9 Å². The summed E-state index contributed by atoms with van der Waals surface area (Å²) in [7, 11) is 0. The second-order valence-corrected chi connectivity index (χ2v) is 3.40. The number of carbonyl (C=O) groups excluding carboxylic acids is 1. The number of hydrogen-bond acceptors (Lipinski definition) is 2. The summed E-state index contributed by atoms with van der Waals surface area (Å²) in [6, 6.07) is 0.536. The van der Waals surface area contributed by atoms with Gasteiger partial charge in [0.2, 0.25) is 5.91 Å². The van der Waals surface area contributed by atoms with Gasteiger partial charge in [-0.25, -0.2) is 0 Å². The first-order valence-corrected chi connectivity index (χ1v) is 5.73. The van der Waals surface area contributed by atoms with Gasteiger partial charge in [-0.05, 0) is 19.4 Å². The van der Waals surface area contributed by atoms with Crippen molar-refractivity contribution >= 4 is 5.91 Å². The van der Waals surface area contributed by atoms with Gasteiger partial charge in [-0.1, -0.05) is 20.8 Å². The molecule has 0 spiro atoms. The van der Waals surface area contributed by atoms with Crippen LogP contribution in [0.5, 0.6) is 0 Å². The van der Waals surface area contributed by atoms with Gasteiger partial charge in [-0.2, -0.15) is 0 Å². The normalized spacial score (nSPS) is 20.3. The average molecular weight is 200 g/mol. The number of likely N-dealkylation sites (tertiary alicyclic amines) is 1. The molecular formula is C11H24N2O. The molecule has 1 N–H and O–H groups in total. The highest BCUT2D eigenvalue weighted by molar-refractivity contribution is 5.73. The average Bonchev–Trinajstić information content (AvgIpc) is 2.66. The van der Waals surface area contributed by atoms with Crippen molar-refractivity contribution in [1.82, 2.24) is 10.2 Å². The first kappa shape index (κ1) is 13.4. The van der Waals surface area contributed by atoms with E-state index in [1.807, 2.05) is 18.7 Å². The molecule has 3 heteroatoms. The Morgan fingerprint density at radius 2 is 2.14 bits per heavy atom. The molecule has 14 heavy (non-hydrogen) atoms. The zero-order chi connectivity index (χ0) is 11.0. The first-order chi connectivity index (χ1) is 6.74. The summed E-state index contributed by atoms with van der Waals surface area (Å²) >= 11 is 0. The Kier molecular flexibility index (Phi) is 7.48. The van der Waals surface area contributed by atoms with E-state index in [4.69, 9.17) is 0 Å². The summed E-state index contributed by atoms with van der Waals surface area (Å²) in [6.45, 7) is 10.7. The smallest absolute Gasteiger partial charge is 0.219 e. The van der Waals surface area contributed by atoms with E-state index in [0.29, 0.717) is 6.04 Å². The third-order valence-corrected chi connectivity index (χ3v) is 2.32. The number of amides is 1. The molecule has 1 heterocycles. The standard InChI is InChI=1S/C9H18N2O.C2H6/c1-3-5-10-9-4-6-11(7-9)8(2)12;1-2/h9-10H,3-7H2,1-2H3;1-2H3. The lowest BCUT2D eigenvalue weighted by atomic mass is 10.2. The molecule has 0 aromatic heterocycles. The van der Waals surface area contributed by atoms with Crippen molar-refractivity contribution in [3.05, 3.63) is 0 Å². The van der Waals surface area contributed by atoms with Crippen LogP contribution in [0.3, 0.4) is 0 Å². The fourth-order valence-corrected chi connectivity index (χ4v) is 1.56. The highest BCUT2D eigenvalue weighted by atomic mass is 16.2. The molecule has 0 saturated carbocycles. The predicted octanol–water partition coefficient (Wildman–Crippen LogP) is 1.63. The maximum atomic E-state index is 11.0. The van der Waals surface area contributed by atoms with E-state index in [0.717, 1.165) is 32.5 Å². The van der Waals surface area contributed by atoms with Crippen molar-refractivity contribution < 1.29 is 4.79 Å². The van der Waals surface area contributed by atoms with Gasteiger partial charge in [0.1, 0.15) is 0 Å². The molecule has 0 aliphatic carbocycles. The molecule has 1 aliphatic rings. The van der Waals surface area contributed by atoms with E-state index < -0.39 is 0 Å². The molecule has 1 fully saturated rings. The van der Waals surface area contributed by atoms with Crippen LogP contribution in [0.15, 0.2) is 0 Å². The van der Waals surface area contributed by atoms with Crippen LogP contribution in [0.2, 0.25) is 0 Å². The first-order valence-electron chi connectivity index (χ1n) is 5.73. The molecule has 3 nitrogen and oxygen atoms in total. The number of nitrogens with one attached hydrogen (secondary N) is 1. The van der Waals surface area contributed by atoms with Gasteiger partial charge in [-0.3, -0.25) is 4.79 Å². The van der Waals surface area contributed by atoms with Crippen molar-refractivity contribution in [2.45, 2.75) is 46.6 Å². The SMILES string of the molecule is CC.CCCNC1CCN(C(C)=O)C1. The number of carbonyl (C=O) groups is 1. The minimum absolute atomic E-state index is 0.204. The van der Waals surface area contributed by atoms with E-state index in [1.54, 1.807) is 6.92 Å². The van der Waals surface area contributed by atoms with Crippen LogP contribution in [-0.2, 0) is 4.79 Å². The topological polar surface area (TPSA) is 32.3 Å². The predicted molar refractivity (Wildman–Crippen MR) is 60.3 cm³/mol. The molecule has 0 bridgehead atoms. The van der Waals surface area contributed by atoms with Gasteiger partial charge in [-0.15, -0.1) is 0 Å². The van der Waals surface area contributed by atoms with E-state index in [1.165, 1.54) is 0 Å². The fourth-order valence-electron chi connectivity index (χ4n) is 1.56. The summed E-state index contributed by atoms with van der Waals surface area (Å²) in [5.74, 6) is 0.204. The van der Waals surface area contributed by atoms with Crippen molar-refractivity contribution in [1.29, 1.82) is 0 Å². The number of rotatable bonds is 3. The molecule has 1 atom stereocenters. The lowest BCUT2D eigenvalue weighted by molar-refractivity contribution is -0.127. The molecule has 1 saturated heterocycles. The van der Waals surface area contributed by atoms with Crippen molar-refractivity contribution in [2.75, 3.05) is 19.6 Å². The second-order valence-electron chi connectivity index (χ2n) is 3.40. The molecule has 1 aliphatic heterocycles. The minimum atomic E-state index is 0.204. The van der Waals surface area contributed by atoms with Gasteiger partial charge < -0.3 is 10.2 Å². The second kappa shape index (κ2) is 7.80. The van der Waals surface area contributed by atoms with Crippen LogP contribution in [0.1, 0.15) is 40.5 Å². The van der Waals surface area contributed by atoms with E-state index in [9.17, 15) is 4.79 Å². The number of hydrogen-bond donors (Lipinski definition) is 1. The monoisotopic (exact) mass is 200 g/mol. The largest absolute Gasteiger partial charge is 0.341 e. The Morgan fingerprint density at radius 1 is 1.50 bits per heavy atom. The summed E-state index contributed by atoms with van der Waals surface area (Å²) in [5, 5.41) is 3.42. The summed E-state index contributed by atoms with van der Waals surface area (Å²) in [4.78, 5) is 12.9. The lowest BCUT2D eigenvalue weighted by Gasteiger charge is -2.14. The number of nitrogens with zero attached hydrogens (tertiary/aromatic N) is 1. The fraction of sp³-hybridized carbons (Fsp3) is 0.909. The van der Waals surface area contributed by atoms with Crippen LogP contribution in [0, 0.1) is 0 Å². The summed E-state index contributed by atoms with van der Waals surface area (Å²) in [5.41, 5.74) is 0. The Morgan fingerprint density at radius 3 is 2.57 bits per heavy atom. The Hall–Kier alpha value is -0.570. The molecule has 1 unspecified atom stereocenters. The molecular weight excluding hydrogens is 176 g/mol. The molecule has 0 aromatic carbocycles. The van der Waals surface area contributed by atoms with E-state index in [-0.39, 0.29) is 5.91 Å². The zero-order valence-corrected chi connectivity index (χ0v) is 9.97. The zero-order valence-electron chi connectivity index (χ0n) is 9.97. The van der Waals surface area contributed by atoms with Gasteiger partial charge in [0.15, 0.2) is 0 Å². The Balaban J connectivity index is 0.000000791.